The van der Waals surface area contributed by atoms with E-state index in [1.807, 2.05) is 0 Å². The quantitative estimate of drug-likeness (QED) is 0.0918. The molecule has 0 saturated heterocycles. The zero-order valence-electron chi connectivity index (χ0n) is 37.3. The molecule has 1 saturated carbocycles. The molecule has 0 bridgehead atoms. The molecule has 3 heterocycles. The highest BCUT2D eigenvalue weighted by Gasteiger charge is 2.72. The number of alkyl halides is 8. The van der Waals surface area contributed by atoms with Crippen molar-refractivity contribution in [1.82, 2.24) is 35.2 Å². The molecule has 2 aliphatic carbocycles. The maximum absolute atomic E-state index is 15.8. The summed E-state index contributed by atoms with van der Waals surface area (Å²) in [6, 6.07) is 4.90. The van der Waals surface area contributed by atoms with E-state index in [0.29, 0.717) is 17.0 Å². The SMILES string of the molecule is CNCC(=O)N(c1nn(CC(F)(F)F)c2c(-c3ccc(C#CC(C)(C)S(C)(=O)=O)nc3C(Cc3cc(F)cc(F)c3)NC(=O)Cn3nc(C(F)(F)F)c4c3C(F)(F)C3C(C)C43)ccc(Cl)c12)S(C)(=O)=O. The molecule has 70 heavy (non-hydrogen) atoms. The number of carbonyl (C=O) groups excluding carboxylic acids is 2. The van der Waals surface area contributed by atoms with E-state index >= 15 is 8.78 Å². The molecule has 2 aromatic carbocycles. The van der Waals surface area contributed by atoms with Gasteiger partial charge in [-0.05, 0) is 75.0 Å². The van der Waals surface area contributed by atoms with E-state index in [2.05, 4.69) is 37.7 Å². The summed E-state index contributed by atoms with van der Waals surface area (Å²) >= 11 is 6.60. The van der Waals surface area contributed by atoms with E-state index in [1.54, 1.807) is 0 Å². The van der Waals surface area contributed by atoms with Crippen LogP contribution in [-0.2, 0) is 61.1 Å². The molecule has 3 aromatic heterocycles. The van der Waals surface area contributed by atoms with Gasteiger partial charge in [0.1, 0.15) is 40.9 Å². The first-order valence-electron chi connectivity index (χ1n) is 20.6. The molecule has 2 amide bonds. The number of hydrogen-bond donors (Lipinski definition) is 2. The Hall–Kier alpha value is -5.78. The van der Waals surface area contributed by atoms with Crippen molar-refractivity contribution >= 4 is 60.0 Å². The fourth-order valence-corrected chi connectivity index (χ4v) is 9.93. The Labute approximate surface area is 397 Å². The number of nitrogens with one attached hydrogen (secondary N) is 2. The van der Waals surface area contributed by atoms with E-state index in [9.17, 15) is 61.5 Å². The largest absolute Gasteiger partial charge is 0.435 e. The number of fused-ring (bicyclic) bond motifs is 4. The van der Waals surface area contributed by atoms with Crippen LogP contribution in [0.2, 0.25) is 5.02 Å². The Morgan fingerprint density at radius 1 is 0.943 bits per heavy atom. The topological polar surface area (TPSA) is 178 Å². The summed E-state index contributed by atoms with van der Waals surface area (Å²) in [5, 5.41) is 11.3. The van der Waals surface area contributed by atoms with Crippen molar-refractivity contribution in [2.45, 2.75) is 75.3 Å². The monoisotopic (exact) mass is 1050 g/mol. The number of nitrogens with zero attached hydrogens (tertiary/aromatic N) is 6. The molecule has 7 rings (SSSR count). The molecule has 4 unspecified atom stereocenters. The molecule has 4 atom stereocenters. The summed E-state index contributed by atoms with van der Waals surface area (Å²) in [4.78, 5) is 32.0. The third-order valence-corrected chi connectivity index (χ3v) is 15.2. The summed E-state index contributed by atoms with van der Waals surface area (Å²) in [5.41, 5.74) is -5.71. The molecule has 14 nitrogen and oxygen atoms in total. The number of carbonyl (C=O) groups is 2. The maximum atomic E-state index is 15.8. The summed E-state index contributed by atoms with van der Waals surface area (Å²) in [6.07, 6.45) is -9.55. The number of halogens is 11. The van der Waals surface area contributed by atoms with Crippen LogP contribution in [0, 0.1) is 35.3 Å². The molecule has 5 aromatic rings. The van der Waals surface area contributed by atoms with Crippen molar-refractivity contribution in [2.24, 2.45) is 11.8 Å². The molecule has 2 N–H and O–H groups in total. The number of aromatic nitrogens is 5. The van der Waals surface area contributed by atoms with Gasteiger partial charge in [-0.15, -0.1) is 0 Å². The van der Waals surface area contributed by atoms with Crippen molar-refractivity contribution in [3.63, 3.8) is 0 Å². The molecule has 1 fully saturated rings. The van der Waals surface area contributed by atoms with Crippen LogP contribution in [0.3, 0.4) is 0 Å². The van der Waals surface area contributed by atoms with Crippen molar-refractivity contribution < 1.29 is 70.3 Å². The van der Waals surface area contributed by atoms with Gasteiger partial charge in [0.15, 0.2) is 21.3 Å². The van der Waals surface area contributed by atoms with E-state index in [4.69, 9.17) is 11.6 Å². The highest BCUT2D eigenvalue weighted by molar-refractivity contribution is 7.93. The van der Waals surface area contributed by atoms with E-state index in [0.717, 1.165) is 36.6 Å². The Morgan fingerprint density at radius 2 is 1.57 bits per heavy atom. The summed E-state index contributed by atoms with van der Waals surface area (Å²) in [7, 11) is -7.30. The fraction of sp³-hybridized carbons (Fsp3) is 0.419. The molecule has 0 aliphatic heterocycles. The van der Waals surface area contributed by atoms with Crippen LogP contribution in [0.25, 0.3) is 22.0 Å². The van der Waals surface area contributed by atoms with Crippen molar-refractivity contribution in [1.29, 1.82) is 0 Å². The number of rotatable bonds is 13. The number of anilines is 1. The Bertz CT molecular complexity index is 3250. The van der Waals surface area contributed by atoms with E-state index in [1.165, 1.54) is 33.9 Å². The predicted octanol–water partition coefficient (Wildman–Crippen LogP) is 7.05. The second-order valence-corrected chi connectivity index (χ2v) is 22.2. The lowest BCUT2D eigenvalue weighted by atomic mass is 9.93. The van der Waals surface area contributed by atoms with Gasteiger partial charge < -0.3 is 10.6 Å². The number of hydrogen-bond acceptors (Lipinski definition) is 10. The second-order valence-electron chi connectivity index (χ2n) is 17.4. The zero-order chi connectivity index (χ0) is 52.0. The Kier molecular flexibility index (Phi) is 13.2. The molecule has 376 valence electrons. The normalized spacial score (nSPS) is 18.2. The van der Waals surface area contributed by atoms with Gasteiger partial charge in [0.25, 0.3) is 11.8 Å². The van der Waals surface area contributed by atoms with Crippen LogP contribution in [0.5, 0.6) is 0 Å². The van der Waals surface area contributed by atoms with Gasteiger partial charge in [0, 0.05) is 40.8 Å². The lowest BCUT2D eigenvalue weighted by Gasteiger charge is -2.23. The standard InChI is InChI=1S/C43H39ClF10N8O6S2/c1-20-31-33-37(43(52,53)54)58-60(38(33)42(50,51)34(20)31)18-29(63)57-28(15-21-13-22(45)16-23(46)14-21)35-25(8-7-24(56-35)11-12-40(2,3)69(5,65)66)26-9-10-27(44)32-36(26)61(19-41(47,48)49)59-39(32)62(70(6,67)68)30(64)17-55-4/h7-10,13-14,16,20,28,31,34,55H,15,17-19H2,1-6H3,(H,57,63). The molecular formula is C43H39ClF10N8O6S2. The van der Waals surface area contributed by atoms with Gasteiger partial charge in [0.05, 0.1) is 40.5 Å². The third-order valence-electron chi connectivity index (χ3n) is 11.9. The van der Waals surface area contributed by atoms with Crippen molar-refractivity contribution in [2.75, 3.05) is 30.4 Å². The number of sulfonamides is 1. The minimum absolute atomic E-state index is 0.126. The first-order valence-corrected chi connectivity index (χ1v) is 24.8. The second kappa shape index (κ2) is 17.8. The zero-order valence-corrected chi connectivity index (χ0v) is 39.7. The summed E-state index contributed by atoms with van der Waals surface area (Å²) < 4.78 is 198. The maximum Gasteiger partial charge on any atom is 0.435 e. The van der Waals surface area contributed by atoms with Gasteiger partial charge in [0.2, 0.25) is 15.9 Å². The lowest BCUT2D eigenvalue weighted by Crippen LogP contribution is -2.41. The number of sulfone groups is 1. The molecular weight excluding hydrogens is 1010 g/mol. The minimum Gasteiger partial charge on any atom is -0.346 e. The molecule has 0 spiro atoms. The molecule has 2 aliphatic rings. The first kappa shape index (κ1) is 52.1. The van der Waals surface area contributed by atoms with Crippen LogP contribution in [0.1, 0.15) is 66.6 Å². The van der Waals surface area contributed by atoms with E-state index in [-0.39, 0.29) is 31.4 Å². The smallest absolute Gasteiger partial charge is 0.346 e. The Morgan fingerprint density at radius 3 is 2.14 bits per heavy atom. The summed E-state index contributed by atoms with van der Waals surface area (Å²) in [6.45, 7) is -0.0605. The van der Waals surface area contributed by atoms with Crippen LogP contribution >= 0.6 is 11.6 Å². The number of benzene rings is 2. The van der Waals surface area contributed by atoms with Gasteiger partial charge in [-0.3, -0.25) is 19.0 Å². The van der Waals surface area contributed by atoms with Gasteiger partial charge >= 0.3 is 12.4 Å². The van der Waals surface area contributed by atoms with Gasteiger partial charge in [-0.2, -0.15) is 49.6 Å². The first-order chi connectivity index (χ1) is 32.2. The minimum atomic E-state index is -5.23. The number of pyridine rings is 1. The van der Waals surface area contributed by atoms with E-state index < -0.39 is 161 Å². The van der Waals surface area contributed by atoms with Gasteiger partial charge in [-0.25, -0.2) is 30.6 Å². The van der Waals surface area contributed by atoms with Gasteiger partial charge in [-0.1, -0.05) is 30.5 Å². The van der Waals surface area contributed by atoms with Crippen molar-refractivity contribution in [3.05, 3.63) is 93.0 Å². The number of amides is 2. The average Bonchev–Trinajstić information content (AvgIpc) is 3.42. The highest BCUT2D eigenvalue weighted by Crippen LogP contribution is 2.71. The average molecular weight is 1050 g/mol. The van der Waals surface area contributed by atoms with Crippen LogP contribution in [0.4, 0.5) is 49.7 Å². The lowest BCUT2D eigenvalue weighted by molar-refractivity contribution is -0.143. The summed E-state index contributed by atoms with van der Waals surface area (Å²) in [5.74, 6) is -8.00. The molecule has 0 radical (unpaired) electrons. The Balaban J connectivity index is 1.49. The van der Waals surface area contributed by atoms with Crippen LogP contribution < -0.4 is 14.9 Å². The fourth-order valence-electron chi connectivity index (χ4n) is 8.58. The van der Waals surface area contributed by atoms with Crippen molar-refractivity contribution in [3.8, 4) is 23.0 Å². The van der Waals surface area contributed by atoms with Crippen LogP contribution in [0.15, 0.2) is 42.5 Å². The molecule has 27 heteroatoms. The number of likely N-dealkylation sites (N-methyl/N-ethyl adjacent to an activating group) is 1. The third kappa shape index (κ3) is 9.93. The predicted molar refractivity (Wildman–Crippen MR) is 234 cm³/mol. The van der Waals surface area contributed by atoms with Crippen LogP contribution in [-0.4, -0.2) is 90.2 Å². The highest BCUT2D eigenvalue weighted by atomic mass is 35.5.